The zero-order valence-corrected chi connectivity index (χ0v) is 12.8. The lowest BCUT2D eigenvalue weighted by Crippen LogP contribution is -2.44. The van der Waals surface area contributed by atoms with Gasteiger partial charge in [-0.25, -0.2) is 0 Å². The highest BCUT2D eigenvalue weighted by atomic mass is 32.2. The third kappa shape index (κ3) is 2.86. The largest absolute Gasteiger partial charge is 0.334 e. The zero-order valence-electron chi connectivity index (χ0n) is 12.0. The molecule has 3 rings (SSSR count). The fraction of sp³-hybridized carbons (Fsp3) is 0.562. The lowest BCUT2D eigenvalue weighted by atomic mass is 10.0. The van der Waals surface area contributed by atoms with Crippen LogP contribution in [0.2, 0.25) is 0 Å². The van der Waals surface area contributed by atoms with Crippen molar-refractivity contribution >= 4 is 17.7 Å². The van der Waals surface area contributed by atoms with Gasteiger partial charge in [-0.1, -0.05) is 29.8 Å². The Kier molecular flexibility index (Phi) is 4.32. The summed E-state index contributed by atoms with van der Waals surface area (Å²) in [5, 5.41) is 3.30. The van der Waals surface area contributed by atoms with Gasteiger partial charge in [-0.2, -0.15) is 11.8 Å². The number of benzene rings is 1. The predicted molar refractivity (Wildman–Crippen MR) is 83.9 cm³/mol. The molecule has 2 saturated heterocycles. The molecule has 2 atom stereocenters. The Morgan fingerprint density at radius 3 is 2.85 bits per heavy atom. The van der Waals surface area contributed by atoms with Gasteiger partial charge in [-0.05, 0) is 25.5 Å². The van der Waals surface area contributed by atoms with E-state index in [1.54, 1.807) is 0 Å². The molecule has 0 radical (unpaired) electrons. The summed E-state index contributed by atoms with van der Waals surface area (Å²) in [7, 11) is 0. The minimum absolute atomic E-state index is 0.186. The molecule has 2 aliphatic heterocycles. The van der Waals surface area contributed by atoms with Gasteiger partial charge in [0.15, 0.2) is 0 Å². The van der Waals surface area contributed by atoms with Crippen LogP contribution in [0.1, 0.15) is 23.6 Å². The molecule has 0 aromatic heterocycles. The number of nitrogens with zero attached hydrogens (tertiary/aromatic N) is 1. The van der Waals surface area contributed by atoms with Crippen LogP contribution in [0.15, 0.2) is 24.3 Å². The number of nitrogens with one attached hydrogen (secondary N) is 1. The number of hydrogen-bond donors (Lipinski definition) is 1. The van der Waals surface area contributed by atoms with E-state index in [0.29, 0.717) is 5.91 Å². The summed E-state index contributed by atoms with van der Waals surface area (Å²) in [5.41, 5.74) is 2.55. The third-order valence-corrected chi connectivity index (χ3v) is 5.31. The van der Waals surface area contributed by atoms with Gasteiger partial charge in [-0.3, -0.25) is 4.79 Å². The first-order chi connectivity index (χ1) is 9.75. The Balaban J connectivity index is 1.79. The van der Waals surface area contributed by atoms with E-state index < -0.39 is 0 Å². The molecule has 2 aliphatic rings. The van der Waals surface area contributed by atoms with E-state index in [1.165, 1.54) is 11.1 Å². The Morgan fingerprint density at radius 2 is 2.15 bits per heavy atom. The van der Waals surface area contributed by atoms with Crippen molar-refractivity contribution in [3.05, 3.63) is 35.4 Å². The monoisotopic (exact) mass is 290 g/mol. The van der Waals surface area contributed by atoms with Crippen LogP contribution < -0.4 is 5.32 Å². The van der Waals surface area contributed by atoms with E-state index in [2.05, 4.69) is 41.4 Å². The second kappa shape index (κ2) is 6.19. The molecular formula is C16H22N2OS. The topological polar surface area (TPSA) is 32.3 Å². The summed E-state index contributed by atoms with van der Waals surface area (Å²) in [5.74, 6) is 2.62. The van der Waals surface area contributed by atoms with Crippen molar-refractivity contribution in [1.82, 2.24) is 10.2 Å². The van der Waals surface area contributed by atoms with E-state index >= 15 is 0 Å². The predicted octanol–water partition coefficient (Wildman–Crippen LogP) is 2.22. The molecule has 2 fully saturated rings. The highest BCUT2D eigenvalue weighted by molar-refractivity contribution is 7.99. The second-order valence-corrected chi connectivity index (χ2v) is 6.87. The Hall–Kier alpha value is -1.00. The molecule has 2 unspecified atom stereocenters. The van der Waals surface area contributed by atoms with Crippen LogP contribution in [-0.2, 0) is 4.79 Å². The van der Waals surface area contributed by atoms with Gasteiger partial charge in [0, 0.05) is 24.6 Å². The van der Waals surface area contributed by atoms with E-state index in [-0.39, 0.29) is 12.0 Å². The van der Waals surface area contributed by atoms with Crippen LogP contribution in [0, 0.1) is 12.8 Å². The fourth-order valence-electron chi connectivity index (χ4n) is 3.03. The molecule has 4 heteroatoms. The maximum Gasteiger partial charge on any atom is 0.227 e. The molecule has 0 spiro atoms. The maximum absolute atomic E-state index is 12.7. The van der Waals surface area contributed by atoms with Crippen LogP contribution in [0.4, 0.5) is 0 Å². The minimum Gasteiger partial charge on any atom is -0.334 e. The molecule has 0 bridgehead atoms. The molecule has 2 heterocycles. The van der Waals surface area contributed by atoms with Crippen LogP contribution >= 0.6 is 11.8 Å². The highest BCUT2D eigenvalue weighted by Crippen LogP contribution is 2.31. The Morgan fingerprint density at radius 1 is 1.35 bits per heavy atom. The van der Waals surface area contributed by atoms with Gasteiger partial charge in [0.25, 0.3) is 0 Å². The molecule has 1 aromatic carbocycles. The summed E-state index contributed by atoms with van der Waals surface area (Å²) in [6, 6.07) is 8.91. The van der Waals surface area contributed by atoms with Crippen molar-refractivity contribution in [3.63, 3.8) is 0 Å². The quantitative estimate of drug-likeness (QED) is 0.906. The summed E-state index contributed by atoms with van der Waals surface area (Å²) in [6.45, 7) is 4.82. The molecule has 1 N–H and O–H groups in total. The van der Waals surface area contributed by atoms with Gasteiger partial charge < -0.3 is 10.2 Å². The van der Waals surface area contributed by atoms with Crippen molar-refractivity contribution in [2.24, 2.45) is 5.92 Å². The summed E-state index contributed by atoms with van der Waals surface area (Å²) in [4.78, 5) is 14.9. The first kappa shape index (κ1) is 14.0. The number of hydrogen-bond acceptors (Lipinski definition) is 3. The first-order valence-electron chi connectivity index (χ1n) is 7.41. The number of thioether (sulfide) groups is 1. The average Bonchev–Trinajstić information content (AvgIpc) is 3.02. The summed E-state index contributed by atoms with van der Waals surface area (Å²) < 4.78 is 0. The van der Waals surface area contributed by atoms with Gasteiger partial charge >= 0.3 is 0 Å². The summed E-state index contributed by atoms with van der Waals surface area (Å²) >= 11 is 1.96. The lowest BCUT2D eigenvalue weighted by molar-refractivity contribution is -0.136. The number of rotatable bonds is 2. The minimum atomic E-state index is 0.186. The molecule has 20 heavy (non-hydrogen) atoms. The number of carbonyl (C=O) groups excluding carboxylic acids is 1. The SMILES string of the molecule is Cc1ccc(C2CSCCN2C(=O)C2CCNC2)cc1. The van der Waals surface area contributed by atoms with Gasteiger partial charge in [0.1, 0.15) is 0 Å². The molecule has 1 amide bonds. The second-order valence-electron chi connectivity index (χ2n) is 5.72. The van der Waals surface area contributed by atoms with Crippen molar-refractivity contribution < 1.29 is 4.79 Å². The smallest absolute Gasteiger partial charge is 0.227 e. The fourth-order valence-corrected chi connectivity index (χ4v) is 4.12. The van der Waals surface area contributed by atoms with Crippen LogP contribution in [0.5, 0.6) is 0 Å². The first-order valence-corrected chi connectivity index (χ1v) is 8.56. The van der Waals surface area contributed by atoms with Crippen LogP contribution in [0.25, 0.3) is 0 Å². The van der Waals surface area contributed by atoms with Gasteiger partial charge in [0.2, 0.25) is 5.91 Å². The summed E-state index contributed by atoms with van der Waals surface area (Å²) in [6.07, 6.45) is 0.989. The van der Waals surface area contributed by atoms with Crippen LogP contribution in [-0.4, -0.2) is 41.9 Å². The standard InChI is InChI=1S/C16H22N2OS/c1-12-2-4-13(5-3-12)15-11-20-9-8-18(15)16(19)14-6-7-17-10-14/h2-5,14-15,17H,6-11H2,1H3. The maximum atomic E-state index is 12.7. The van der Waals surface area contributed by atoms with E-state index in [1.807, 2.05) is 11.8 Å². The molecular weight excluding hydrogens is 268 g/mol. The van der Waals surface area contributed by atoms with Crippen molar-refractivity contribution in [2.45, 2.75) is 19.4 Å². The molecule has 0 saturated carbocycles. The molecule has 0 aliphatic carbocycles. The zero-order chi connectivity index (χ0) is 13.9. The molecule has 1 aromatic rings. The van der Waals surface area contributed by atoms with E-state index in [9.17, 15) is 4.79 Å². The normalized spacial score (nSPS) is 26.8. The number of aryl methyl sites for hydroxylation is 1. The molecule has 3 nitrogen and oxygen atoms in total. The molecule has 108 valence electrons. The number of amides is 1. The van der Waals surface area contributed by atoms with Crippen molar-refractivity contribution in [3.8, 4) is 0 Å². The Labute approximate surface area is 125 Å². The lowest BCUT2D eigenvalue weighted by Gasteiger charge is -2.37. The third-order valence-electron chi connectivity index (χ3n) is 4.28. The van der Waals surface area contributed by atoms with Crippen molar-refractivity contribution in [1.29, 1.82) is 0 Å². The van der Waals surface area contributed by atoms with Gasteiger partial charge in [0.05, 0.1) is 12.0 Å². The van der Waals surface area contributed by atoms with E-state index in [4.69, 9.17) is 0 Å². The van der Waals surface area contributed by atoms with Crippen LogP contribution in [0.3, 0.4) is 0 Å². The van der Waals surface area contributed by atoms with Crippen molar-refractivity contribution in [2.75, 3.05) is 31.1 Å². The average molecular weight is 290 g/mol. The highest BCUT2D eigenvalue weighted by Gasteiger charge is 2.33. The van der Waals surface area contributed by atoms with E-state index in [0.717, 1.165) is 37.6 Å². The Bertz CT molecular complexity index is 468. The van der Waals surface area contributed by atoms with Gasteiger partial charge in [-0.15, -0.1) is 0 Å². The number of carbonyl (C=O) groups is 1.